The van der Waals surface area contributed by atoms with E-state index in [4.69, 9.17) is 11.6 Å². The molecule has 3 saturated carbocycles. The van der Waals surface area contributed by atoms with Crippen LogP contribution in [0.1, 0.15) is 71.8 Å². The number of benzene rings is 1. The molecule has 0 bridgehead atoms. The van der Waals surface area contributed by atoms with Gasteiger partial charge >= 0.3 is 0 Å². The maximum atomic E-state index is 6.24. The van der Waals surface area contributed by atoms with Crippen LogP contribution in [0, 0.1) is 28.1 Å². The first-order valence-electron chi connectivity index (χ1n) is 10.4. The minimum Gasteiger partial charge on any atom is -0.0930 e. The Bertz CT molecular complexity index is 741. The standard InChI is InChI=1S/C25H33Cl/c1-23(2)19(16-18-8-6-5-7-9-18)12-14-25(4)21(23)13-15-24(3)20(17-26)10-11-22(24)25/h5-9,16-17,21-22H,10-15H2,1-4H3/b19-16-,20-17-/t21-,22-,24-,25-/m0/s1. The molecule has 0 N–H and O–H groups in total. The average molecular weight is 369 g/mol. The maximum absolute atomic E-state index is 6.24. The summed E-state index contributed by atoms with van der Waals surface area (Å²) in [5, 5.41) is 0. The van der Waals surface area contributed by atoms with Gasteiger partial charge in [0.25, 0.3) is 0 Å². The third kappa shape index (κ3) is 2.55. The molecular formula is C25H33Cl. The minimum atomic E-state index is 0.275. The fourth-order valence-corrected chi connectivity index (χ4v) is 7.57. The van der Waals surface area contributed by atoms with Gasteiger partial charge in [0, 0.05) is 5.54 Å². The van der Waals surface area contributed by atoms with Crippen LogP contribution < -0.4 is 0 Å². The minimum absolute atomic E-state index is 0.275. The lowest BCUT2D eigenvalue weighted by Gasteiger charge is -2.62. The predicted molar refractivity (Wildman–Crippen MR) is 113 cm³/mol. The molecule has 140 valence electrons. The topological polar surface area (TPSA) is 0 Å². The van der Waals surface area contributed by atoms with Gasteiger partial charge in [-0.1, -0.05) is 86.8 Å². The van der Waals surface area contributed by atoms with E-state index < -0.39 is 0 Å². The van der Waals surface area contributed by atoms with Gasteiger partial charge in [0.2, 0.25) is 0 Å². The number of fused-ring (bicyclic) bond motifs is 3. The Morgan fingerprint density at radius 2 is 1.62 bits per heavy atom. The smallest absolute Gasteiger partial charge is 0.00401 e. The molecule has 3 aliphatic rings. The highest BCUT2D eigenvalue weighted by Gasteiger charge is 2.61. The molecule has 0 heterocycles. The van der Waals surface area contributed by atoms with Crippen LogP contribution in [0.3, 0.4) is 0 Å². The van der Waals surface area contributed by atoms with Gasteiger partial charge < -0.3 is 0 Å². The number of allylic oxidation sites excluding steroid dienone is 2. The average Bonchev–Trinajstić information content (AvgIpc) is 2.96. The highest BCUT2D eigenvalue weighted by atomic mass is 35.5. The van der Waals surface area contributed by atoms with Gasteiger partial charge in [0.1, 0.15) is 0 Å². The van der Waals surface area contributed by atoms with E-state index >= 15 is 0 Å². The molecule has 1 aromatic carbocycles. The summed E-state index contributed by atoms with van der Waals surface area (Å²) in [5.74, 6) is 1.56. The normalized spacial score (nSPS) is 41.9. The zero-order valence-electron chi connectivity index (χ0n) is 16.8. The van der Waals surface area contributed by atoms with Crippen LogP contribution in [0.15, 0.2) is 47.0 Å². The summed E-state index contributed by atoms with van der Waals surface area (Å²) in [6, 6.07) is 10.9. The lowest BCUT2D eigenvalue weighted by atomic mass is 9.43. The molecule has 3 fully saturated rings. The maximum Gasteiger partial charge on any atom is 0.00401 e. The fourth-order valence-electron chi connectivity index (χ4n) is 7.21. The van der Waals surface area contributed by atoms with Crippen molar-refractivity contribution in [3.8, 4) is 0 Å². The number of halogens is 1. The Labute approximate surface area is 164 Å². The Kier molecular flexibility index (Phi) is 4.42. The number of rotatable bonds is 1. The summed E-state index contributed by atoms with van der Waals surface area (Å²) in [6.45, 7) is 10.1. The van der Waals surface area contributed by atoms with Gasteiger partial charge in [-0.2, -0.15) is 0 Å². The van der Waals surface area contributed by atoms with Crippen molar-refractivity contribution < 1.29 is 0 Å². The largest absolute Gasteiger partial charge is 0.0930 e. The van der Waals surface area contributed by atoms with E-state index in [0.717, 1.165) is 11.8 Å². The Hall–Kier alpha value is -1.01. The van der Waals surface area contributed by atoms with E-state index in [0.29, 0.717) is 10.8 Å². The molecular weight excluding hydrogens is 336 g/mol. The van der Waals surface area contributed by atoms with Crippen molar-refractivity contribution in [3.05, 3.63) is 52.6 Å². The van der Waals surface area contributed by atoms with Crippen LogP contribution in [-0.4, -0.2) is 0 Å². The quantitative estimate of drug-likeness (QED) is 0.473. The molecule has 1 aromatic rings. The van der Waals surface area contributed by atoms with E-state index in [-0.39, 0.29) is 5.41 Å². The van der Waals surface area contributed by atoms with Crippen LogP contribution >= 0.6 is 11.6 Å². The zero-order valence-corrected chi connectivity index (χ0v) is 17.6. The van der Waals surface area contributed by atoms with Crippen molar-refractivity contribution in [2.45, 2.75) is 66.2 Å². The second-order valence-electron chi connectivity index (χ2n) is 10.0. The van der Waals surface area contributed by atoms with Gasteiger partial charge in [-0.05, 0) is 72.2 Å². The highest BCUT2D eigenvalue weighted by molar-refractivity contribution is 6.25. The van der Waals surface area contributed by atoms with Gasteiger partial charge in [-0.25, -0.2) is 0 Å². The molecule has 0 nitrogen and oxygen atoms in total. The van der Waals surface area contributed by atoms with E-state index in [1.807, 2.05) is 5.54 Å². The summed E-state index contributed by atoms with van der Waals surface area (Å²) in [5.41, 5.74) is 7.49. The molecule has 3 aliphatic carbocycles. The molecule has 0 amide bonds. The third-order valence-electron chi connectivity index (χ3n) is 8.65. The third-order valence-corrected chi connectivity index (χ3v) is 8.92. The number of hydrogen-bond acceptors (Lipinski definition) is 0. The first-order chi connectivity index (χ1) is 12.3. The molecule has 1 heteroatoms. The molecule has 0 spiro atoms. The van der Waals surface area contributed by atoms with Crippen molar-refractivity contribution in [2.24, 2.45) is 28.1 Å². The zero-order chi connectivity index (χ0) is 18.6. The second kappa shape index (κ2) is 6.26. The summed E-state index contributed by atoms with van der Waals surface area (Å²) < 4.78 is 0. The van der Waals surface area contributed by atoms with Gasteiger partial charge in [0.05, 0.1) is 0 Å². The summed E-state index contributed by atoms with van der Waals surface area (Å²) >= 11 is 6.24. The number of hydrogen-bond donors (Lipinski definition) is 0. The lowest BCUT2D eigenvalue weighted by Crippen LogP contribution is -2.54. The van der Waals surface area contributed by atoms with Crippen LogP contribution in [0.2, 0.25) is 0 Å². The van der Waals surface area contributed by atoms with E-state index in [9.17, 15) is 0 Å². The Morgan fingerprint density at radius 3 is 2.31 bits per heavy atom. The molecule has 0 saturated heterocycles. The van der Waals surface area contributed by atoms with Crippen molar-refractivity contribution in [1.82, 2.24) is 0 Å². The van der Waals surface area contributed by atoms with E-state index in [1.165, 1.54) is 49.7 Å². The van der Waals surface area contributed by atoms with Gasteiger partial charge in [0.15, 0.2) is 0 Å². The molecule has 4 atom stereocenters. The van der Waals surface area contributed by atoms with Crippen LogP contribution in [0.5, 0.6) is 0 Å². The summed E-state index contributed by atoms with van der Waals surface area (Å²) in [4.78, 5) is 0. The van der Waals surface area contributed by atoms with Crippen LogP contribution in [0.4, 0.5) is 0 Å². The highest BCUT2D eigenvalue weighted by Crippen LogP contribution is 2.70. The Balaban J connectivity index is 1.70. The van der Waals surface area contributed by atoms with Gasteiger partial charge in [-0.15, -0.1) is 0 Å². The summed E-state index contributed by atoms with van der Waals surface area (Å²) in [7, 11) is 0. The molecule has 26 heavy (non-hydrogen) atoms. The van der Waals surface area contributed by atoms with E-state index in [2.05, 4.69) is 64.1 Å². The first-order valence-corrected chi connectivity index (χ1v) is 10.8. The summed E-state index contributed by atoms with van der Waals surface area (Å²) in [6.07, 6.45) is 10.2. The van der Waals surface area contributed by atoms with Crippen molar-refractivity contribution in [3.63, 3.8) is 0 Å². The monoisotopic (exact) mass is 368 g/mol. The second-order valence-corrected chi connectivity index (χ2v) is 10.3. The van der Waals surface area contributed by atoms with Crippen molar-refractivity contribution in [2.75, 3.05) is 0 Å². The SMILES string of the molecule is CC1(C)/C(=C\c2ccccc2)CC[C@]2(C)[C@H]3CC/C(=C/Cl)[C@]3(C)CC[C@@H]12. The molecule has 0 unspecified atom stereocenters. The van der Waals surface area contributed by atoms with Crippen LogP contribution in [0.25, 0.3) is 6.08 Å². The Morgan fingerprint density at radius 1 is 0.885 bits per heavy atom. The molecule has 0 radical (unpaired) electrons. The molecule has 0 aliphatic heterocycles. The van der Waals surface area contributed by atoms with Crippen molar-refractivity contribution in [1.29, 1.82) is 0 Å². The van der Waals surface area contributed by atoms with E-state index in [1.54, 1.807) is 5.57 Å². The molecule has 0 aromatic heterocycles. The van der Waals surface area contributed by atoms with Gasteiger partial charge in [-0.3, -0.25) is 0 Å². The fraction of sp³-hybridized carbons (Fsp3) is 0.600. The van der Waals surface area contributed by atoms with Crippen molar-refractivity contribution >= 4 is 17.7 Å². The van der Waals surface area contributed by atoms with Crippen LogP contribution in [-0.2, 0) is 0 Å². The molecule has 4 rings (SSSR count). The first kappa shape index (κ1) is 18.4. The predicted octanol–water partition coefficient (Wildman–Crippen LogP) is 7.85. The lowest BCUT2D eigenvalue weighted by molar-refractivity contribution is -0.0870.